The summed E-state index contributed by atoms with van der Waals surface area (Å²) in [6, 6.07) is 6.08. The van der Waals surface area contributed by atoms with Gasteiger partial charge < -0.3 is 20.1 Å². The molecular weight excluding hydrogens is 501 g/mol. The number of fused-ring (bicyclic) bond motifs is 2. The van der Waals surface area contributed by atoms with E-state index in [-0.39, 0.29) is 11.4 Å². The number of benzene rings is 2. The number of alkyl halides is 2. The largest absolute Gasteiger partial charge is 0.468 e. The number of nitrogens with one attached hydrogen (secondary N) is 1. The van der Waals surface area contributed by atoms with E-state index in [0.29, 0.717) is 28.0 Å². The summed E-state index contributed by atoms with van der Waals surface area (Å²) < 4.78 is 49.9. The molecule has 0 saturated carbocycles. The zero-order chi connectivity index (χ0) is 28.4. The Balaban J connectivity index is 1.81. The second kappa shape index (κ2) is 8.93. The molecule has 0 aliphatic carbocycles. The Labute approximate surface area is 217 Å². The molecule has 0 radical (unpaired) electrons. The summed E-state index contributed by atoms with van der Waals surface area (Å²) in [6.45, 7) is 6.56. The van der Waals surface area contributed by atoms with Crippen molar-refractivity contribution in [2.24, 2.45) is 0 Å². The molecule has 2 heterocycles. The highest BCUT2D eigenvalue weighted by Crippen LogP contribution is 2.45. The van der Waals surface area contributed by atoms with E-state index in [1.54, 1.807) is 26.0 Å². The Morgan fingerprint density at radius 2 is 1.89 bits per heavy atom. The van der Waals surface area contributed by atoms with E-state index in [1.165, 1.54) is 38.1 Å². The number of carbonyl (C=O) groups excluding carboxylic acids is 2. The standard InChI is InChI=1S/C27H29F3N4O4/c1-13(15-9-8-10-17(21(15)28)27(29,30)25(3,4)37)31-22-16-11-20-18(12-19(16)32-14(2)33-22)26(5,24(36)38-7)23(35)34(20)6/h8-13,37H,1-7H3,(H,31,32,33). The molecule has 11 heteroatoms. The van der Waals surface area contributed by atoms with Crippen molar-refractivity contribution in [2.45, 2.75) is 57.6 Å². The molecule has 38 heavy (non-hydrogen) atoms. The number of hydrogen-bond donors (Lipinski definition) is 2. The van der Waals surface area contributed by atoms with E-state index in [4.69, 9.17) is 4.74 Å². The van der Waals surface area contributed by atoms with Gasteiger partial charge in [0.25, 0.3) is 0 Å². The van der Waals surface area contributed by atoms with Crippen LogP contribution in [0, 0.1) is 12.7 Å². The highest BCUT2D eigenvalue weighted by Gasteiger charge is 2.53. The quantitative estimate of drug-likeness (QED) is 0.357. The van der Waals surface area contributed by atoms with Gasteiger partial charge >= 0.3 is 11.9 Å². The number of methoxy groups -OCH3 is 1. The predicted octanol–water partition coefficient (Wildman–Crippen LogP) is 4.52. The number of aryl methyl sites for hydroxylation is 1. The second-order valence-electron chi connectivity index (χ2n) is 10.2. The van der Waals surface area contributed by atoms with Gasteiger partial charge in [-0.05, 0) is 52.8 Å². The summed E-state index contributed by atoms with van der Waals surface area (Å²) in [5, 5.41) is 13.5. The molecule has 2 unspecified atom stereocenters. The zero-order valence-corrected chi connectivity index (χ0v) is 22.1. The van der Waals surface area contributed by atoms with E-state index < -0.39 is 46.2 Å². The van der Waals surface area contributed by atoms with Gasteiger partial charge in [0.2, 0.25) is 5.91 Å². The minimum Gasteiger partial charge on any atom is -0.468 e. The molecule has 1 aromatic heterocycles. The first kappa shape index (κ1) is 27.3. The summed E-state index contributed by atoms with van der Waals surface area (Å²) in [6.07, 6.45) is 0. The van der Waals surface area contributed by atoms with Crippen molar-refractivity contribution >= 4 is 34.3 Å². The Morgan fingerprint density at radius 1 is 1.24 bits per heavy atom. The number of carbonyl (C=O) groups is 2. The number of ether oxygens (including phenoxy) is 1. The fraction of sp³-hybridized carbons (Fsp3) is 0.407. The lowest BCUT2D eigenvalue weighted by Gasteiger charge is -2.30. The van der Waals surface area contributed by atoms with Crippen LogP contribution in [0.5, 0.6) is 0 Å². The van der Waals surface area contributed by atoms with E-state index in [0.717, 1.165) is 19.9 Å². The van der Waals surface area contributed by atoms with Crippen LogP contribution in [0.3, 0.4) is 0 Å². The minimum absolute atomic E-state index is 0.0532. The second-order valence-corrected chi connectivity index (χ2v) is 10.2. The van der Waals surface area contributed by atoms with E-state index in [1.807, 2.05) is 0 Å². The summed E-state index contributed by atoms with van der Waals surface area (Å²) in [7, 11) is 2.75. The molecule has 2 atom stereocenters. The first-order valence-electron chi connectivity index (χ1n) is 11.9. The van der Waals surface area contributed by atoms with Gasteiger partial charge in [0.05, 0.1) is 24.2 Å². The number of halogens is 3. The van der Waals surface area contributed by atoms with Crippen molar-refractivity contribution in [3.05, 3.63) is 58.7 Å². The van der Waals surface area contributed by atoms with Crippen LogP contribution < -0.4 is 10.2 Å². The van der Waals surface area contributed by atoms with Crippen molar-refractivity contribution in [1.82, 2.24) is 9.97 Å². The maximum absolute atomic E-state index is 15.4. The molecule has 3 aromatic rings. The number of aromatic nitrogens is 2. The number of hydrogen-bond acceptors (Lipinski definition) is 7. The van der Waals surface area contributed by atoms with E-state index in [9.17, 15) is 23.5 Å². The van der Waals surface area contributed by atoms with Crippen LogP contribution in [0.15, 0.2) is 30.3 Å². The summed E-state index contributed by atoms with van der Waals surface area (Å²) >= 11 is 0. The SMILES string of the molecule is COC(=O)C1(C)C(=O)N(C)c2cc3c(NC(C)c4cccc(C(F)(F)C(C)(C)O)c4F)nc(C)nc3cc21. The molecule has 0 saturated heterocycles. The molecule has 0 spiro atoms. The van der Waals surface area contributed by atoms with Gasteiger partial charge in [-0.25, -0.2) is 14.4 Å². The minimum atomic E-state index is -3.84. The molecule has 0 bridgehead atoms. The van der Waals surface area contributed by atoms with Gasteiger partial charge in [-0.3, -0.25) is 9.59 Å². The number of aliphatic hydroxyl groups is 1. The summed E-state index contributed by atoms with van der Waals surface area (Å²) in [5.74, 6) is -5.51. The Morgan fingerprint density at radius 3 is 2.50 bits per heavy atom. The lowest BCUT2D eigenvalue weighted by molar-refractivity contribution is -0.170. The van der Waals surface area contributed by atoms with Gasteiger partial charge in [-0.2, -0.15) is 8.78 Å². The normalized spacial score (nSPS) is 18.5. The van der Waals surface area contributed by atoms with Gasteiger partial charge in [-0.15, -0.1) is 0 Å². The van der Waals surface area contributed by atoms with Crippen LogP contribution in [0.1, 0.15) is 56.3 Å². The molecule has 2 aromatic carbocycles. The Bertz CT molecular complexity index is 1470. The molecule has 4 rings (SSSR count). The maximum Gasteiger partial charge on any atom is 0.325 e. The van der Waals surface area contributed by atoms with E-state index in [2.05, 4.69) is 15.3 Å². The van der Waals surface area contributed by atoms with Crippen molar-refractivity contribution in [1.29, 1.82) is 0 Å². The molecule has 8 nitrogen and oxygen atoms in total. The number of amides is 1. The molecule has 2 N–H and O–H groups in total. The Kier molecular flexibility index (Phi) is 6.42. The highest BCUT2D eigenvalue weighted by molar-refractivity contribution is 6.21. The van der Waals surface area contributed by atoms with Gasteiger partial charge in [0.15, 0.2) is 5.41 Å². The van der Waals surface area contributed by atoms with Crippen LogP contribution >= 0.6 is 0 Å². The first-order valence-corrected chi connectivity index (χ1v) is 11.9. The monoisotopic (exact) mass is 530 g/mol. The number of rotatable bonds is 6. The molecular formula is C27H29F3N4O4. The number of esters is 1. The lowest BCUT2D eigenvalue weighted by Crippen LogP contribution is -2.43. The van der Waals surface area contributed by atoms with Crippen LogP contribution in [-0.2, 0) is 25.7 Å². The van der Waals surface area contributed by atoms with Crippen LogP contribution in [0.25, 0.3) is 10.9 Å². The topological polar surface area (TPSA) is 105 Å². The predicted molar refractivity (Wildman–Crippen MR) is 136 cm³/mol. The Hall–Kier alpha value is -3.73. The van der Waals surface area contributed by atoms with Crippen molar-refractivity contribution in [3.63, 3.8) is 0 Å². The molecule has 202 valence electrons. The number of nitrogens with zero attached hydrogens (tertiary/aromatic N) is 3. The molecule has 1 aliphatic heterocycles. The maximum atomic E-state index is 15.4. The number of likely N-dealkylation sites (N-methyl/N-ethyl adjacent to an activating group) is 1. The van der Waals surface area contributed by atoms with Crippen molar-refractivity contribution in [3.8, 4) is 0 Å². The third-order valence-electron chi connectivity index (χ3n) is 7.11. The average molecular weight is 531 g/mol. The smallest absolute Gasteiger partial charge is 0.325 e. The average Bonchev–Trinajstić information content (AvgIpc) is 3.03. The number of anilines is 2. The van der Waals surface area contributed by atoms with Crippen molar-refractivity contribution < 1.29 is 32.6 Å². The fourth-order valence-corrected chi connectivity index (χ4v) is 4.77. The highest BCUT2D eigenvalue weighted by atomic mass is 19.3. The van der Waals surface area contributed by atoms with Gasteiger partial charge in [0.1, 0.15) is 23.1 Å². The van der Waals surface area contributed by atoms with E-state index >= 15 is 4.39 Å². The van der Waals surface area contributed by atoms with Crippen LogP contribution in [-0.4, -0.2) is 46.7 Å². The van der Waals surface area contributed by atoms with Gasteiger partial charge in [-0.1, -0.05) is 12.1 Å². The summed E-state index contributed by atoms with van der Waals surface area (Å²) in [4.78, 5) is 35.9. The van der Waals surface area contributed by atoms with Gasteiger partial charge in [0, 0.05) is 29.2 Å². The molecule has 1 amide bonds. The molecule has 0 fully saturated rings. The lowest BCUT2D eigenvalue weighted by atomic mass is 9.83. The third-order valence-corrected chi connectivity index (χ3v) is 7.11. The zero-order valence-electron chi connectivity index (χ0n) is 22.1. The summed E-state index contributed by atoms with van der Waals surface area (Å²) in [5.41, 5.74) is -3.70. The fourth-order valence-electron chi connectivity index (χ4n) is 4.77. The first-order chi connectivity index (χ1) is 17.5. The molecule has 1 aliphatic rings. The van der Waals surface area contributed by atoms with Crippen LogP contribution in [0.2, 0.25) is 0 Å². The van der Waals surface area contributed by atoms with Crippen molar-refractivity contribution in [2.75, 3.05) is 24.4 Å². The van der Waals surface area contributed by atoms with Crippen LogP contribution in [0.4, 0.5) is 24.7 Å². The third kappa shape index (κ3) is 3.96.